The molecule has 9 heteroatoms. The molecule has 1 fully saturated rings. The van der Waals surface area contributed by atoms with Gasteiger partial charge in [-0.3, -0.25) is 4.79 Å². The van der Waals surface area contributed by atoms with E-state index < -0.39 is 10.0 Å². The summed E-state index contributed by atoms with van der Waals surface area (Å²) in [5.41, 5.74) is 1.54. The minimum absolute atomic E-state index is 0.181. The quantitative estimate of drug-likeness (QED) is 0.504. The van der Waals surface area contributed by atoms with Crippen LogP contribution in [0.3, 0.4) is 0 Å². The normalized spacial score (nSPS) is 15.2. The van der Waals surface area contributed by atoms with E-state index >= 15 is 0 Å². The molecule has 0 spiro atoms. The minimum Gasteiger partial charge on any atom is -0.497 e. The molecule has 2 heterocycles. The molecular weight excluding hydrogens is 458 g/mol. The van der Waals surface area contributed by atoms with Crippen molar-refractivity contribution in [3.63, 3.8) is 0 Å². The molecule has 174 valence electrons. The maximum Gasteiger partial charge on any atom is 0.252 e. The number of benzene rings is 2. The smallest absolute Gasteiger partial charge is 0.252 e. The summed E-state index contributed by atoms with van der Waals surface area (Å²) < 4.78 is 33.4. The zero-order valence-corrected chi connectivity index (χ0v) is 20.0. The fourth-order valence-electron chi connectivity index (χ4n) is 3.77. The van der Waals surface area contributed by atoms with Crippen LogP contribution in [-0.4, -0.2) is 44.9 Å². The van der Waals surface area contributed by atoms with Gasteiger partial charge in [-0.2, -0.15) is 4.31 Å². The third kappa shape index (κ3) is 5.73. The Morgan fingerprint density at radius 2 is 1.82 bits per heavy atom. The molecule has 2 aromatic carbocycles. The predicted octanol–water partition coefficient (Wildman–Crippen LogP) is 3.95. The van der Waals surface area contributed by atoms with Gasteiger partial charge in [-0.1, -0.05) is 24.3 Å². The van der Waals surface area contributed by atoms with E-state index in [4.69, 9.17) is 4.74 Å². The first-order valence-electron chi connectivity index (χ1n) is 10.8. The van der Waals surface area contributed by atoms with E-state index in [2.05, 4.69) is 10.6 Å². The van der Waals surface area contributed by atoms with E-state index in [9.17, 15) is 13.2 Å². The Hall–Kier alpha value is -2.88. The first-order valence-corrected chi connectivity index (χ1v) is 13.0. The molecule has 1 aliphatic heterocycles. The molecule has 0 radical (unpaired) electrons. The van der Waals surface area contributed by atoms with Crippen molar-refractivity contribution in [3.8, 4) is 5.75 Å². The third-order valence-electron chi connectivity index (χ3n) is 5.58. The molecule has 1 aromatic heterocycles. The average Bonchev–Trinajstić information content (AvgIpc) is 3.34. The largest absolute Gasteiger partial charge is 0.497 e. The van der Waals surface area contributed by atoms with Crippen molar-refractivity contribution < 1.29 is 17.9 Å². The second kappa shape index (κ2) is 10.4. The Balaban J connectivity index is 1.31. The van der Waals surface area contributed by atoms with E-state index in [1.165, 1.54) is 11.3 Å². The molecule has 0 bridgehead atoms. The second-order valence-corrected chi connectivity index (χ2v) is 11.2. The Morgan fingerprint density at radius 3 is 2.55 bits per heavy atom. The number of hydrogen-bond acceptors (Lipinski definition) is 6. The fraction of sp³-hybridized carbons (Fsp3) is 0.292. The molecule has 1 aliphatic rings. The number of thiophene rings is 1. The van der Waals surface area contributed by atoms with Crippen molar-refractivity contribution in [2.75, 3.05) is 25.5 Å². The highest BCUT2D eigenvalue weighted by Gasteiger charge is 2.30. The third-order valence-corrected chi connectivity index (χ3v) is 9.04. The number of amides is 1. The number of rotatable bonds is 8. The van der Waals surface area contributed by atoms with Crippen molar-refractivity contribution in [1.82, 2.24) is 9.62 Å². The first kappa shape index (κ1) is 23.3. The summed E-state index contributed by atoms with van der Waals surface area (Å²) in [4.78, 5) is 13.0. The van der Waals surface area contributed by atoms with Gasteiger partial charge in [0.05, 0.1) is 13.7 Å². The molecule has 2 N–H and O–H groups in total. The molecule has 4 rings (SSSR count). The van der Waals surface area contributed by atoms with Gasteiger partial charge in [-0.15, -0.1) is 11.3 Å². The van der Waals surface area contributed by atoms with Gasteiger partial charge in [0.25, 0.3) is 15.9 Å². The Labute approximate surface area is 198 Å². The Kier molecular flexibility index (Phi) is 7.32. The number of nitrogens with one attached hydrogen (secondary N) is 2. The van der Waals surface area contributed by atoms with Crippen LogP contribution in [0.25, 0.3) is 0 Å². The minimum atomic E-state index is -3.55. The number of carbonyl (C=O) groups excluding carboxylic acids is 1. The Morgan fingerprint density at radius 1 is 1.06 bits per heavy atom. The van der Waals surface area contributed by atoms with Gasteiger partial charge < -0.3 is 15.4 Å². The highest BCUT2D eigenvalue weighted by molar-refractivity contribution is 7.91. The van der Waals surface area contributed by atoms with E-state index in [1.807, 2.05) is 30.3 Å². The molecule has 0 unspecified atom stereocenters. The van der Waals surface area contributed by atoms with Crippen molar-refractivity contribution in [2.24, 2.45) is 0 Å². The molecule has 3 aromatic rings. The lowest BCUT2D eigenvalue weighted by molar-refractivity contribution is 0.0951. The standard InChI is InChI=1S/C24H27N3O4S2/c1-31-21-9-5-8-20(16-21)26-19-12-14-27(15-13-19)33(29,30)23-11-10-22(32-23)17-25-24(28)18-6-3-2-4-7-18/h2-11,16,19,26H,12-15,17H2,1H3,(H,25,28). The lowest BCUT2D eigenvalue weighted by atomic mass is 10.1. The average molecular weight is 486 g/mol. The zero-order chi connectivity index (χ0) is 23.3. The van der Waals surface area contributed by atoms with Gasteiger partial charge in [0.15, 0.2) is 0 Å². The number of sulfonamides is 1. The summed E-state index contributed by atoms with van der Waals surface area (Å²) in [7, 11) is -1.91. The number of hydrogen-bond donors (Lipinski definition) is 2. The van der Waals surface area contributed by atoms with Gasteiger partial charge in [0.1, 0.15) is 9.96 Å². The molecule has 33 heavy (non-hydrogen) atoms. The second-order valence-electron chi connectivity index (χ2n) is 7.82. The maximum absolute atomic E-state index is 13.1. The number of methoxy groups -OCH3 is 1. The van der Waals surface area contributed by atoms with Crippen molar-refractivity contribution in [2.45, 2.75) is 29.6 Å². The van der Waals surface area contributed by atoms with Crippen LogP contribution < -0.4 is 15.4 Å². The van der Waals surface area contributed by atoms with Crippen molar-refractivity contribution in [1.29, 1.82) is 0 Å². The number of nitrogens with zero attached hydrogens (tertiary/aromatic N) is 1. The number of ether oxygens (including phenoxy) is 1. The molecule has 7 nitrogen and oxygen atoms in total. The highest BCUT2D eigenvalue weighted by atomic mass is 32.2. The van der Waals surface area contributed by atoms with Crippen LogP contribution in [0, 0.1) is 0 Å². The summed E-state index contributed by atoms with van der Waals surface area (Å²) in [6.45, 7) is 1.21. The van der Waals surface area contributed by atoms with Gasteiger partial charge in [-0.25, -0.2) is 8.42 Å². The summed E-state index contributed by atoms with van der Waals surface area (Å²) >= 11 is 1.20. The maximum atomic E-state index is 13.1. The summed E-state index contributed by atoms with van der Waals surface area (Å²) in [5.74, 6) is 0.604. The van der Waals surface area contributed by atoms with Crippen LogP contribution in [0.5, 0.6) is 5.75 Å². The summed E-state index contributed by atoms with van der Waals surface area (Å²) in [5, 5.41) is 6.32. The first-order chi connectivity index (χ1) is 16.0. The molecule has 0 aliphatic carbocycles. The molecule has 0 atom stereocenters. The molecular formula is C24H27N3O4S2. The van der Waals surface area contributed by atoms with Gasteiger partial charge >= 0.3 is 0 Å². The number of carbonyl (C=O) groups is 1. The lowest BCUT2D eigenvalue weighted by Gasteiger charge is -2.31. The van der Waals surface area contributed by atoms with Crippen molar-refractivity contribution in [3.05, 3.63) is 77.2 Å². The summed E-state index contributed by atoms with van der Waals surface area (Å²) in [6.07, 6.45) is 1.45. The predicted molar refractivity (Wildman–Crippen MR) is 130 cm³/mol. The van der Waals surface area contributed by atoms with Gasteiger partial charge in [-0.05, 0) is 49.2 Å². The van der Waals surface area contributed by atoms with E-state index in [1.54, 1.807) is 47.8 Å². The van der Waals surface area contributed by atoms with E-state index in [0.29, 0.717) is 29.4 Å². The SMILES string of the molecule is COc1cccc(NC2CCN(S(=O)(=O)c3ccc(CNC(=O)c4ccccc4)s3)CC2)c1. The summed E-state index contributed by atoms with van der Waals surface area (Å²) in [6, 6.07) is 20.3. The van der Waals surface area contributed by atoms with Gasteiger partial charge in [0, 0.05) is 41.3 Å². The monoisotopic (exact) mass is 485 g/mol. The van der Waals surface area contributed by atoms with Gasteiger partial charge in [0.2, 0.25) is 0 Å². The molecule has 0 saturated carbocycles. The van der Waals surface area contributed by atoms with Crippen LogP contribution in [0.2, 0.25) is 0 Å². The van der Waals surface area contributed by atoms with Crippen molar-refractivity contribution >= 4 is 33.0 Å². The molecule has 1 saturated heterocycles. The van der Waals surface area contributed by atoms with Crippen LogP contribution in [0.15, 0.2) is 70.9 Å². The lowest BCUT2D eigenvalue weighted by Crippen LogP contribution is -2.42. The molecule has 1 amide bonds. The number of piperidine rings is 1. The van der Waals surface area contributed by atoms with E-state index in [-0.39, 0.29) is 11.9 Å². The van der Waals surface area contributed by atoms with Crippen LogP contribution in [-0.2, 0) is 16.6 Å². The van der Waals surface area contributed by atoms with Crippen LogP contribution >= 0.6 is 11.3 Å². The highest BCUT2D eigenvalue weighted by Crippen LogP contribution is 2.28. The fourth-order valence-corrected chi connectivity index (χ4v) is 6.69. The number of anilines is 1. The van der Waals surface area contributed by atoms with Crippen LogP contribution in [0.1, 0.15) is 28.1 Å². The topological polar surface area (TPSA) is 87.7 Å². The zero-order valence-electron chi connectivity index (χ0n) is 18.4. The van der Waals surface area contributed by atoms with Crippen LogP contribution in [0.4, 0.5) is 5.69 Å². The van der Waals surface area contributed by atoms with E-state index in [0.717, 1.165) is 29.2 Å². The Bertz CT molecular complexity index is 1190.